The van der Waals surface area contributed by atoms with Crippen molar-refractivity contribution >= 4 is 22.7 Å². The maximum Gasteiger partial charge on any atom is 0.232 e. The van der Waals surface area contributed by atoms with Crippen molar-refractivity contribution in [3.8, 4) is 0 Å². The van der Waals surface area contributed by atoms with Crippen LogP contribution >= 0.6 is 0 Å². The standard InChI is InChI=1S/C18H22FN3O2/c1-12(23)21-6-8-22(9-7-21)17(24)18(2,3)15-11-20-16-5-4-13(19)10-14(15)16/h4-5,10-11,20H,6-9H2,1-3H3. The monoisotopic (exact) mass is 331 g/mol. The predicted octanol–water partition coefficient (Wildman–Crippen LogP) is 2.28. The highest BCUT2D eigenvalue weighted by molar-refractivity contribution is 5.94. The molecule has 1 aromatic heterocycles. The first-order valence-electron chi connectivity index (χ1n) is 8.12. The van der Waals surface area contributed by atoms with Gasteiger partial charge in [0.25, 0.3) is 0 Å². The minimum absolute atomic E-state index is 0.00383. The van der Waals surface area contributed by atoms with Crippen molar-refractivity contribution in [1.82, 2.24) is 14.8 Å². The van der Waals surface area contributed by atoms with E-state index in [4.69, 9.17) is 0 Å². The van der Waals surface area contributed by atoms with Gasteiger partial charge in [0.15, 0.2) is 0 Å². The molecule has 1 aliphatic rings. The summed E-state index contributed by atoms with van der Waals surface area (Å²) in [4.78, 5) is 31.1. The Morgan fingerprint density at radius 1 is 1.12 bits per heavy atom. The Labute approximate surface area is 140 Å². The molecule has 2 aromatic rings. The average Bonchev–Trinajstić information content (AvgIpc) is 2.97. The van der Waals surface area contributed by atoms with Gasteiger partial charge in [-0.1, -0.05) is 0 Å². The van der Waals surface area contributed by atoms with Gasteiger partial charge >= 0.3 is 0 Å². The Morgan fingerprint density at radius 2 is 1.75 bits per heavy atom. The molecular weight excluding hydrogens is 309 g/mol. The molecule has 0 spiro atoms. The second-order valence-corrected chi connectivity index (χ2v) is 6.82. The topological polar surface area (TPSA) is 56.4 Å². The van der Waals surface area contributed by atoms with E-state index < -0.39 is 5.41 Å². The number of nitrogens with zero attached hydrogens (tertiary/aromatic N) is 2. The molecule has 5 nitrogen and oxygen atoms in total. The highest BCUT2D eigenvalue weighted by Crippen LogP contribution is 2.32. The Kier molecular flexibility index (Phi) is 4.07. The first kappa shape index (κ1) is 16.5. The van der Waals surface area contributed by atoms with Crippen LogP contribution in [-0.4, -0.2) is 52.8 Å². The number of carbonyl (C=O) groups is 2. The quantitative estimate of drug-likeness (QED) is 0.918. The van der Waals surface area contributed by atoms with E-state index >= 15 is 0 Å². The Bertz CT molecular complexity index is 789. The number of fused-ring (bicyclic) bond motifs is 1. The number of rotatable bonds is 2. The maximum absolute atomic E-state index is 13.6. The van der Waals surface area contributed by atoms with E-state index in [0.717, 1.165) is 16.5 Å². The lowest BCUT2D eigenvalue weighted by atomic mass is 9.82. The van der Waals surface area contributed by atoms with Gasteiger partial charge in [-0.3, -0.25) is 9.59 Å². The molecule has 0 aliphatic carbocycles. The molecular formula is C18H22FN3O2. The SMILES string of the molecule is CC(=O)N1CCN(C(=O)C(C)(C)c2c[nH]c3ccc(F)cc23)CC1. The molecule has 1 aromatic carbocycles. The average molecular weight is 331 g/mol. The van der Waals surface area contributed by atoms with Gasteiger partial charge in [0, 0.05) is 50.2 Å². The highest BCUT2D eigenvalue weighted by Gasteiger charge is 2.37. The van der Waals surface area contributed by atoms with Crippen LogP contribution in [0.1, 0.15) is 26.3 Å². The van der Waals surface area contributed by atoms with Crippen LogP contribution in [-0.2, 0) is 15.0 Å². The van der Waals surface area contributed by atoms with E-state index in [1.807, 2.05) is 13.8 Å². The fourth-order valence-electron chi connectivity index (χ4n) is 3.34. The van der Waals surface area contributed by atoms with Gasteiger partial charge in [-0.2, -0.15) is 0 Å². The van der Waals surface area contributed by atoms with Gasteiger partial charge in [-0.15, -0.1) is 0 Å². The number of hydrogen-bond donors (Lipinski definition) is 1. The molecule has 1 fully saturated rings. The number of hydrogen-bond acceptors (Lipinski definition) is 2. The summed E-state index contributed by atoms with van der Waals surface area (Å²) in [6.45, 7) is 7.43. The molecule has 1 saturated heterocycles. The van der Waals surface area contributed by atoms with Crippen molar-refractivity contribution in [3.05, 3.63) is 35.8 Å². The first-order chi connectivity index (χ1) is 11.3. The van der Waals surface area contributed by atoms with Gasteiger partial charge in [0.1, 0.15) is 5.82 Å². The van der Waals surface area contributed by atoms with Crippen LogP contribution in [0, 0.1) is 5.82 Å². The zero-order chi connectivity index (χ0) is 17.5. The maximum atomic E-state index is 13.6. The van der Waals surface area contributed by atoms with Crippen LogP contribution in [0.25, 0.3) is 10.9 Å². The summed E-state index contributed by atoms with van der Waals surface area (Å²) >= 11 is 0. The number of H-pyrrole nitrogens is 1. The molecule has 24 heavy (non-hydrogen) atoms. The molecule has 1 N–H and O–H groups in total. The zero-order valence-electron chi connectivity index (χ0n) is 14.2. The summed E-state index contributed by atoms with van der Waals surface area (Å²) in [6.07, 6.45) is 1.79. The summed E-state index contributed by atoms with van der Waals surface area (Å²) in [5.74, 6) is -0.286. The third-order valence-corrected chi connectivity index (χ3v) is 4.86. The molecule has 3 rings (SSSR count). The molecule has 2 amide bonds. The smallest absolute Gasteiger partial charge is 0.232 e. The predicted molar refractivity (Wildman–Crippen MR) is 90.1 cm³/mol. The van der Waals surface area contributed by atoms with Gasteiger partial charge < -0.3 is 14.8 Å². The summed E-state index contributed by atoms with van der Waals surface area (Å²) in [5.41, 5.74) is 0.828. The third kappa shape index (κ3) is 2.77. The lowest BCUT2D eigenvalue weighted by molar-refractivity contribution is -0.141. The summed E-state index contributed by atoms with van der Waals surface area (Å²) in [6, 6.07) is 4.54. The van der Waals surface area contributed by atoms with Crippen LogP contribution in [0.4, 0.5) is 4.39 Å². The van der Waals surface area contributed by atoms with Crippen molar-refractivity contribution in [2.45, 2.75) is 26.2 Å². The minimum atomic E-state index is -0.773. The number of nitrogens with one attached hydrogen (secondary N) is 1. The van der Waals surface area contributed by atoms with Crippen LogP contribution in [0.5, 0.6) is 0 Å². The lowest BCUT2D eigenvalue weighted by Crippen LogP contribution is -2.54. The molecule has 128 valence electrons. The van der Waals surface area contributed by atoms with Crippen molar-refractivity contribution in [2.75, 3.05) is 26.2 Å². The van der Waals surface area contributed by atoms with Crippen LogP contribution in [0.2, 0.25) is 0 Å². The summed E-state index contributed by atoms with van der Waals surface area (Å²) < 4.78 is 13.6. The van der Waals surface area contributed by atoms with Crippen LogP contribution < -0.4 is 0 Å². The Morgan fingerprint density at radius 3 is 2.38 bits per heavy atom. The Hall–Kier alpha value is -2.37. The lowest BCUT2D eigenvalue weighted by Gasteiger charge is -2.38. The molecule has 1 aliphatic heterocycles. The number of amides is 2. The molecule has 0 bridgehead atoms. The van der Waals surface area contributed by atoms with Gasteiger partial charge in [-0.05, 0) is 37.6 Å². The molecule has 0 unspecified atom stereocenters. The van der Waals surface area contributed by atoms with Crippen molar-refractivity contribution in [2.24, 2.45) is 0 Å². The fourth-order valence-corrected chi connectivity index (χ4v) is 3.34. The van der Waals surface area contributed by atoms with Crippen molar-refractivity contribution < 1.29 is 14.0 Å². The molecule has 0 saturated carbocycles. The van der Waals surface area contributed by atoms with E-state index in [1.54, 1.807) is 29.0 Å². The van der Waals surface area contributed by atoms with Gasteiger partial charge in [-0.25, -0.2) is 4.39 Å². The molecule has 0 atom stereocenters. The van der Waals surface area contributed by atoms with Crippen molar-refractivity contribution in [1.29, 1.82) is 0 Å². The van der Waals surface area contributed by atoms with E-state index in [0.29, 0.717) is 26.2 Å². The van der Waals surface area contributed by atoms with E-state index in [1.165, 1.54) is 12.1 Å². The first-order valence-corrected chi connectivity index (χ1v) is 8.12. The van der Waals surface area contributed by atoms with Gasteiger partial charge in [0.05, 0.1) is 5.41 Å². The molecule has 0 radical (unpaired) electrons. The Balaban J connectivity index is 1.85. The number of halogens is 1. The summed E-state index contributed by atoms with van der Waals surface area (Å²) in [5, 5.41) is 0.732. The third-order valence-electron chi connectivity index (χ3n) is 4.86. The highest BCUT2D eigenvalue weighted by atomic mass is 19.1. The second kappa shape index (κ2) is 5.92. The summed E-state index contributed by atoms with van der Waals surface area (Å²) in [7, 11) is 0. The van der Waals surface area contributed by atoms with Crippen molar-refractivity contribution in [3.63, 3.8) is 0 Å². The number of carbonyl (C=O) groups excluding carboxylic acids is 2. The normalized spacial score (nSPS) is 15.8. The van der Waals surface area contributed by atoms with Crippen LogP contribution in [0.3, 0.4) is 0 Å². The number of aromatic nitrogens is 1. The number of piperazine rings is 1. The minimum Gasteiger partial charge on any atom is -0.361 e. The number of aromatic amines is 1. The second-order valence-electron chi connectivity index (χ2n) is 6.82. The zero-order valence-corrected chi connectivity index (χ0v) is 14.2. The molecule has 6 heteroatoms. The number of benzene rings is 1. The van der Waals surface area contributed by atoms with Crippen LogP contribution in [0.15, 0.2) is 24.4 Å². The van der Waals surface area contributed by atoms with Gasteiger partial charge in [0.2, 0.25) is 11.8 Å². The fraction of sp³-hybridized carbons (Fsp3) is 0.444. The van der Waals surface area contributed by atoms with E-state index in [2.05, 4.69) is 4.98 Å². The van der Waals surface area contributed by atoms with E-state index in [-0.39, 0.29) is 17.6 Å². The molecule has 2 heterocycles. The largest absolute Gasteiger partial charge is 0.361 e. The van der Waals surface area contributed by atoms with E-state index in [9.17, 15) is 14.0 Å².